The highest BCUT2D eigenvalue weighted by Gasteiger charge is 2.34. The van der Waals surface area contributed by atoms with Gasteiger partial charge in [0, 0.05) is 6.54 Å². The molecule has 1 saturated heterocycles. The maximum Gasteiger partial charge on any atom is 0.293 e. The molecule has 5 nitrogen and oxygen atoms in total. The van der Waals surface area contributed by atoms with Crippen LogP contribution in [0, 0.1) is 5.82 Å². The van der Waals surface area contributed by atoms with E-state index in [2.05, 4.69) is 15.9 Å². The van der Waals surface area contributed by atoms with Crippen molar-refractivity contribution in [2.45, 2.75) is 13.0 Å². The number of methoxy groups -OCH3 is 1. The number of rotatable bonds is 8. The molecule has 1 fully saturated rings. The lowest BCUT2D eigenvalue weighted by atomic mass is 10.1. The summed E-state index contributed by atoms with van der Waals surface area (Å²) in [5.74, 6) is 0.333. The standard InChI is InChI=1S/C26H21BrFNO4S/c1-32-22-14-19(13-21(27)24(22)33-16-18-7-9-20(28)10-8-18)15-23-25(30)29(26(31)34-23)12-11-17-5-3-2-4-6-17/h2-10,13-15H,11-12,16H2,1H3/b23-15-. The molecular weight excluding hydrogens is 521 g/mol. The third-order valence-corrected chi connectivity index (χ3v) is 6.68. The van der Waals surface area contributed by atoms with Gasteiger partial charge in [-0.3, -0.25) is 14.5 Å². The molecule has 4 rings (SSSR count). The van der Waals surface area contributed by atoms with Crippen molar-refractivity contribution in [1.29, 1.82) is 0 Å². The second kappa shape index (κ2) is 10.9. The molecule has 2 amide bonds. The van der Waals surface area contributed by atoms with E-state index < -0.39 is 0 Å². The quantitative estimate of drug-likeness (QED) is 0.306. The van der Waals surface area contributed by atoms with Crippen LogP contribution in [0.2, 0.25) is 0 Å². The second-order valence-electron chi connectivity index (χ2n) is 7.52. The molecule has 0 unspecified atom stereocenters. The molecule has 0 spiro atoms. The molecule has 34 heavy (non-hydrogen) atoms. The SMILES string of the molecule is COc1cc(/C=C2\SC(=O)N(CCc3ccccc3)C2=O)cc(Br)c1OCc1ccc(F)cc1. The van der Waals surface area contributed by atoms with Gasteiger partial charge in [-0.05, 0) is 81.1 Å². The highest BCUT2D eigenvalue weighted by atomic mass is 79.9. The van der Waals surface area contributed by atoms with E-state index in [1.165, 1.54) is 24.1 Å². The summed E-state index contributed by atoms with van der Waals surface area (Å²) >= 11 is 4.42. The number of halogens is 2. The maximum atomic E-state index is 13.1. The van der Waals surface area contributed by atoms with E-state index in [4.69, 9.17) is 9.47 Å². The number of carbonyl (C=O) groups is 2. The summed E-state index contributed by atoms with van der Waals surface area (Å²) in [5, 5.41) is -0.280. The normalized spacial score (nSPS) is 14.7. The lowest BCUT2D eigenvalue weighted by Gasteiger charge is -2.14. The summed E-state index contributed by atoms with van der Waals surface area (Å²) in [4.78, 5) is 26.9. The number of hydrogen-bond acceptors (Lipinski definition) is 5. The Morgan fingerprint density at radius 1 is 1.03 bits per heavy atom. The van der Waals surface area contributed by atoms with E-state index in [-0.39, 0.29) is 23.6 Å². The van der Waals surface area contributed by atoms with E-state index >= 15 is 0 Å². The minimum Gasteiger partial charge on any atom is -0.493 e. The first-order chi connectivity index (χ1) is 16.4. The number of imide groups is 1. The molecule has 1 aliphatic heterocycles. The van der Waals surface area contributed by atoms with E-state index in [0.29, 0.717) is 39.4 Å². The third kappa shape index (κ3) is 5.69. The number of hydrogen-bond donors (Lipinski definition) is 0. The van der Waals surface area contributed by atoms with Crippen LogP contribution in [0.3, 0.4) is 0 Å². The highest BCUT2D eigenvalue weighted by Crippen LogP contribution is 2.39. The Bertz CT molecular complexity index is 1230. The van der Waals surface area contributed by atoms with Gasteiger partial charge in [-0.15, -0.1) is 0 Å². The molecular formula is C26H21BrFNO4S. The Kier molecular flexibility index (Phi) is 7.70. The van der Waals surface area contributed by atoms with Gasteiger partial charge >= 0.3 is 0 Å². The van der Waals surface area contributed by atoms with Crippen LogP contribution >= 0.6 is 27.7 Å². The molecule has 8 heteroatoms. The number of ether oxygens (including phenoxy) is 2. The van der Waals surface area contributed by atoms with E-state index in [9.17, 15) is 14.0 Å². The van der Waals surface area contributed by atoms with Gasteiger partial charge in [-0.25, -0.2) is 4.39 Å². The Morgan fingerprint density at radius 3 is 2.47 bits per heavy atom. The van der Waals surface area contributed by atoms with Crippen LogP contribution in [0.4, 0.5) is 9.18 Å². The van der Waals surface area contributed by atoms with Crippen molar-refractivity contribution in [3.8, 4) is 11.5 Å². The summed E-state index contributed by atoms with van der Waals surface area (Å²) in [7, 11) is 1.52. The van der Waals surface area contributed by atoms with Crippen molar-refractivity contribution in [2.24, 2.45) is 0 Å². The zero-order valence-corrected chi connectivity index (χ0v) is 20.7. The number of thioether (sulfide) groups is 1. The van der Waals surface area contributed by atoms with Crippen molar-refractivity contribution < 1.29 is 23.5 Å². The number of carbonyl (C=O) groups excluding carboxylic acids is 2. The fourth-order valence-corrected chi connectivity index (χ4v) is 4.87. The highest BCUT2D eigenvalue weighted by molar-refractivity contribution is 9.10. The van der Waals surface area contributed by atoms with Crippen molar-refractivity contribution in [2.75, 3.05) is 13.7 Å². The van der Waals surface area contributed by atoms with Gasteiger partial charge < -0.3 is 9.47 Å². The first-order valence-electron chi connectivity index (χ1n) is 10.5. The van der Waals surface area contributed by atoms with E-state index in [1.807, 2.05) is 30.3 Å². The van der Waals surface area contributed by atoms with Gasteiger partial charge in [-0.2, -0.15) is 0 Å². The van der Waals surface area contributed by atoms with Crippen LogP contribution < -0.4 is 9.47 Å². The van der Waals surface area contributed by atoms with Crippen molar-refractivity contribution in [3.05, 3.63) is 98.6 Å². The molecule has 0 bridgehead atoms. The van der Waals surface area contributed by atoms with Crippen LogP contribution in [-0.2, 0) is 17.8 Å². The number of nitrogens with zero attached hydrogens (tertiary/aromatic N) is 1. The summed E-state index contributed by atoms with van der Waals surface area (Å²) in [6, 6.07) is 19.3. The monoisotopic (exact) mass is 541 g/mol. The predicted octanol–water partition coefficient (Wildman–Crippen LogP) is 6.45. The Balaban J connectivity index is 1.48. The molecule has 174 valence electrons. The van der Waals surface area contributed by atoms with Gasteiger partial charge in [0.15, 0.2) is 11.5 Å². The number of amides is 2. The minimum absolute atomic E-state index is 0.231. The van der Waals surface area contributed by atoms with Crippen LogP contribution in [-0.4, -0.2) is 29.7 Å². The molecule has 0 radical (unpaired) electrons. The van der Waals surface area contributed by atoms with Crippen LogP contribution in [0.5, 0.6) is 11.5 Å². The molecule has 0 N–H and O–H groups in total. The smallest absolute Gasteiger partial charge is 0.293 e. The molecule has 0 atom stereocenters. The topological polar surface area (TPSA) is 55.8 Å². The predicted molar refractivity (Wildman–Crippen MR) is 134 cm³/mol. The van der Waals surface area contributed by atoms with Gasteiger partial charge in [0.1, 0.15) is 12.4 Å². The first kappa shape index (κ1) is 24.0. The first-order valence-corrected chi connectivity index (χ1v) is 12.1. The Hall–Kier alpha value is -3.10. The van der Waals surface area contributed by atoms with Crippen molar-refractivity contribution in [3.63, 3.8) is 0 Å². The fraction of sp³-hybridized carbons (Fsp3) is 0.154. The lowest BCUT2D eigenvalue weighted by molar-refractivity contribution is -0.122. The van der Waals surface area contributed by atoms with E-state index in [1.54, 1.807) is 30.3 Å². The van der Waals surface area contributed by atoms with Crippen LogP contribution in [0.25, 0.3) is 6.08 Å². The van der Waals surface area contributed by atoms with Crippen molar-refractivity contribution >= 4 is 44.9 Å². The van der Waals surface area contributed by atoms with Crippen LogP contribution in [0.15, 0.2) is 76.1 Å². The van der Waals surface area contributed by atoms with Crippen LogP contribution in [0.1, 0.15) is 16.7 Å². The van der Waals surface area contributed by atoms with Gasteiger partial charge in [0.2, 0.25) is 0 Å². The van der Waals surface area contributed by atoms with Gasteiger partial charge in [-0.1, -0.05) is 42.5 Å². The number of benzene rings is 3. The van der Waals surface area contributed by atoms with E-state index in [0.717, 1.165) is 22.9 Å². The average Bonchev–Trinajstić information content (AvgIpc) is 3.10. The molecule has 3 aromatic carbocycles. The van der Waals surface area contributed by atoms with Crippen molar-refractivity contribution in [1.82, 2.24) is 4.90 Å². The second-order valence-corrected chi connectivity index (χ2v) is 9.37. The molecule has 3 aromatic rings. The summed E-state index contributed by atoms with van der Waals surface area (Å²) in [5.41, 5.74) is 2.56. The summed E-state index contributed by atoms with van der Waals surface area (Å²) in [6.45, 7) is 0.560. The maximum absolute atomic E-state index is 13.1. The largest absolute Gasteiger partial charge is 0.493 e. The molecule has 1 heterocycles. The molecule has 0 aliphatic carbocycles. The fourth-order valence-electron chi connectivity index (χ4n) is 3.43. The minimum atomic E-state index is -0.309. The molecule has 0 saturated carbocycles. The summed E-state index contributed by atoms with van der Waals surface area (Å²) in [6.07, 6.45) is 2.27. The lowest BCUT2D eigenvalue weighted by Crippen LogP contribution is -2.30. The summed E-state index contributed by atoms with van der Waals surface area (Å²) < 4.78 is 25.1. The zero-order chi connectivity index (χ0) is 24.1. The Labute approximate surface area is 209 Å². The Morgan fingerprint density at radius 2 is 1.76 bits per heavy atom. The zero-order valence-electron chi connectivity index (χ0n) is 18.3. The molecule has 0 aromatic heterocycles. The van der Waals surface area contributed by atoms with Gasteiger partial charge in [0.05, 0.1) is 16.5 Å². The average molecular weight is 542 g/mol. The molecule has 1 aliphatic rings. The third-order valence-electron chi connectivity index (χ3n) is 5.19. The van der Waals surface area contributed by atoms with Gasteiger partial charge in [0.25, 0.3) is 11.1 Å².